The molecule has 1 aromatic rings. The standard InChI is InChI=1S/C17H12F17NOS/c18-10(19,5-2-1-3-8-4-6-35(36)9(37)7-8)11(20,21)12(22,23)13(24,25)14(26,27)15(28,29)16(30,31)17(32,33)34/h4,6-7,36H,1-3,5H2. The molecule has 0 saturated carbocycles. The fraction of sp³-hybridized carbons (Fsp3) is 0.706. The van der Waals surface area contributed by atoms with Gasteiger partial charge in [-0.3, -0.25) is 0 Å². The third-order valence-corrected chi connectivity index (χ3v) is 5.26. The zero-order chi connectivity index (χ0) is 29.7. The van der Waals surface area contributed by atoms with Gasteiger partial charge < -0.3 is 5.21 Å². The van der Waals surface area contributed by atoms with Gasteiger partial charge in [0, 0.05) is 12.6 Å². The van der Waals surface area contributed by atoms with E-state index in [1.165, 1.54) is 0 Å². The summed E-state index contributed by atoms with van der Waals surface area (Å²) in [6.07, 6.45) is -11.5. The summed E-state index contributed by atoms with van der Waals surface area (Å²) in [4.78, 5) is 0. The number of unbranched alkanes of at least 4 members (excludes halogenated alkanes) is 1. The van der Waals surface area contributed by atoms with E-state index in [1.54, 1.807) is 0 Å². The van der Waals surface area contributed by atoms with Gasteiger partial charge in [-0.25, -0.2) is 0 Å². The fourth-order valence-corrected chi connectivity index (χ4v) is 2.91. The second-order valence-corrected chi connectivity index (χ2v) is 7.99. The van der Waals surface area contributed by atoms with Crippen LogP contribution >= 0.6 is 12.2 Å². The van der Waals surface area contributed by atoms with Crippen LogP contribution < -0.4 is 0 Å². The number of hydrogen-bond donors (Lipinski definition) is 1. The molecule has 0 bridgehead atoms. The first-order chi connectivity index (χ1) is 16.1. The molecule has 0 aliphatic heterocycles. The number of rotatable bonds is 11. The molecule has 0 fully saturated rings. The van der Waals surface area contributed by atoms with Crippen LogP contribution in [0.4, 0.5) is 74.6 Å². The van der Waals surface area contributed by atoms with Gasteiger partial charge >= 0.3 is 47.6 Å². The largest absolute Gasteiger partial charge is 0.460 e. The van der Waals surface area contributed by atoms with Crippen molar-refractivity contribution in [3.8, 4) is 0 Å². The van der Waals surface area contributed by atoms with Crippen molar-refractivity contribution in [1.29, 1.82) is 0 Å². The normalized spacial score (nSPS) is 15.3. The molecule has 0 unspecified atom stereocenters. The second-order valence-electron chi connectivity index (χ2n) is 7.57. The van der Waals surface area contributed by atoms with E-state index in [0.717, 1.165) is 18.3 Å². The Morgan fingerprint density at radius 3 is 1.43 bits per heavy atom. The quantitative estimate of drug-likeness (QED) is 0.120. The number of halogens is 17. The summed E-state index contributed by atoms with van der Waals surface area (Å²) in [5, 5.41) is 9.15. The second kappa shape index (κ2) is 9.62. The molecule has 0 aliphatic rings. The molecule has 0 saturated heterocycles. The third-order valence-electron chi connectivity index (χ3n) is 4.96. The summed E-state index contributed by atoms with van der Waals surface area (Å²) in [5.74, 6) is -56.2. The van der Waals surface area contributed by atoms with Gasteiger partial charge in [0.2, 0.25) is 0 Å². The van der Waals surface area contributed by atoms with Gasteiger partial charge in [0.15, 0.2) is 0 Å². The maximum absolute atomic E-state index is 13.8. The fourth-order valence-electron chi connectivity index (χ4n) is 2.70. The Hall–Kier alpha value is -2.02. The van der Waals surface area contributed by atoms with Crippen molar-refractivity contribution in [1.82, 2.24) is 4.73 Å². The number of aryl methyl sites for hydroxylation is 1. The molecule has 1 heterocycles. The Bertz CT molecular complexity index is 1010. The molecule has 2 nitrogen and oxygen atoms in total. The van der Waals surface area contributed by atoms with Crippen LogP contribution in [-0.4, -0.2) is 57.6 Å². The monoisotopic (exact) mass is 601 g/mol. The number of pyridine rings is 1. The Labute approximate surface area is 199 Å². The Balaban J connectivity index is 3.24. The van der Waals surface area contributed by atoms with Crippen LogP contribution in [0.5, 0.6) is 0 Å². The van der Waals surface area contributed by atoms with Gasteiger partial charge in [-0.2, -0.15) is 79.4 Å². The summed E-state index contributed by atoms with van der Waals surface area (Å²) in [5.41, 5.74) is 0.162. The zero-order valence-electron chi connectivity index (χ0n) is 17.3. The first kappa shape index (κ1) is 33.0. The Morgan fingerprint density at radius 2 is 1.03 bits per heavy atom. The highest BCUT2D eigenvalue weighted by Crippen LogP contribution is 2.64. The first-order valence-electron chi connectivity index (χ1n) is 9.26. The highest BCUT2D eigenvalue weighted by molar-refractivity contribution is 7.71. The highest BCUT2D eigenvalue weighted by Gasteiger charge is 2.95. The van der Waals surface area contributed by atoms with Crippen LogP contribution in [0.3, 0.4) is 0 Å². The van der Waals surface area contributed by atoms with E-state index < -0.39 is 66.9 Å². The molecule has 216 valence electrons. The van der Waals surface area contributed by atoms with Crippen molar-refractivity contribution < 1.29 is 79.8 Å². The van der Waals surface area contributed by atoms with Crippen LogP contribution in [0.1, 0.15) is 24.8 Å². The lowest BCUT2D eigenvalue weighted by Crippen LogP contribution is -2.74. The lowest BCUT2D eigenvalue weighted by molar-refractivity contribution is -0.461. The Morgan fingerprint density at radius 1 is 0.622 bits per heavy atom. The molecule has 0 spiro atoms. The van der Waals surface area contributed by atoms with E-state index in [0.29, 0.717) is 4.73 Å². The van der Waals surface area contributed by atoms with Crippen molar-refractivity contribution in [2.45, 2.75) is 73.3 Å². The molecule has 0 radical (unpaired) electrons. The van der Waals surface area contributed by atoms with E-state index in [2.05, 4.69) is 12.2 Å². The van der Waals surface area contributed by atoms with E-state index in [4.69, 9.17) is 5.21 Å². The predicted molar refractivity (Wildman–Crippen MR) is 90.7 cm³/mol. The lowest BCUT2D eigenvalue weighted by Gasteiger charge is -2.42. The maximum atomic E-state index is 13.8. The molecule has 1 N–H and O–H groups in total. The summed E-state index contributed by atoms with van der Waals surface area (Å²) in [6.45, 7) is 0. The maximum Gasteiger partial charge on any atom is 0.460 e. The Kier molecular flexibility index (Phi) is 8.58. The van der Waals surface area contributed by atoms with Crippen molar-refractivity contribution in [3.63, 3.8) is 0 Å². The topological polar surface area (TPSA) is 25.2 Å². The third kappa shape index (κ3) is 5.17. The SMILES string of the molecule is On1ccc(CCCCC(F)(F)C(F)(F)C(F)(F)C(F)(F)C(F)(F)C(F)(F)C(F)(F)C(F)(F)F)cc1=S. The van der Waals surface area contributed by atoms with Gasteiger partial charge in [0.25, 0.3) is 0 Å². The average molecular weight is 601 g/mol. The lowest BCUT2D eigenvalue weighted by atomic mass is 9.87. The number of alkyl halides is 17. The van der Waals surface area contributed by atoms with Gasteiger partial charge in [-0.05, 0) is 37.0 Å². The summed E-state index contributed by atoms with van der Waals surface area (Å²) < 4.78 is 225. The molecule has 37 heavy (non-hydrogen) atoms. The average Bonchev–Trinajstić information content (AvgIpc) is 2.72. The molecule has 0 amide bonds. The van der Waals surface area contributed by atoms with Crippen LogP contribution in [0.25, 0.3) is 0 Å². The van der Waals surface area contributed by atoms with Gasteiger partial charge in [-0.1, -0.05) is 12.2 Å². The summed E-state index contributed by atoms with van der Waals surface area (Å²) in [7, 11) is 0. The molecule has 20 heteroatoms. The minimum atomic E-state index is -8.62. The molecular weight excluding hydrogens is 589 g/mol. The molecular formula is C17H12F17NOS. The van der Waals surface area contributed by atoms with Crippen LogP contribution in [-0.2, 0) is 6.42 Å². The van der Waals surface area contributed by atoms with Crippen molar-refractivity contribution >= 4 is 12.2 Å². The smallest absolute Gasteiger partial charge is 0.428 e. The summed E-state index contributed by atoms with van der Waals surface area (Å²) in [6, 6.07) is 2.19. The van der Waals surface area contributed by atoms with Crippen molar-refractivity contribution in [2.24, 2.45) is 0 Å². The zero-order valence-corrected chi connectivity index (χ0v) is 18.1. The molecule has 1 aromatic heterocycles. The van der Waals surface area contributed by atoms with Gasteiger partial charge in [0.1, 0.15) is 4.64 Å². The molecule has 0 aromatic carbocycles. The van der Waals surface area contributed by atoms with E-state index in [-0.39, 0.29) is 16.6 Å². The first-order valence-corrected chi connectivity index (χ1v) is 9.66. The molecule has 0 atom stereocenters. The van der Waals surface area contributed by atoms with Crippen LogP contribution in [0.15, 0.2) is 18.3 Å². The van der Waals surface area contributed by atoms with E-state index in [1.807, 2.05) is 0 Å². The van der Waals surface area contributed by atoms with Crippen molar-refractivity contribution in [3.05, 3.63) is 28.5 Å². The predicted octanol–water partition coefficient (Wildman–Crippen LogP) is 8.18. The molecule has 1 rings (SSSR count). The van der Waals surface area contributed by atoms with Crippen LogP contribution in [0.2, 0.25) is 0 Å². The van der Waals surface area contributed by atoms with Gasteiger partial charge in [-0.15, -0.1) is 0 Å². The number of aromatic nitrogens is 1. The van der Waals surface area contributed by atoms with Crippen LogP contribution in [0, 0.1) is 4.64 Å². The van der Waals surface area contributed by atoms with E-state index >= 15 is 0 Å². The van der Waals surface area contributed by atoms with Crippen molar-refractivity contribution in [2.75, 3.05) is 0 Å². The minimum absolute atomic E-state index is 0.162. The minimum Gasteiger partial charge on any atom is -0.428 e. The number of nitrogens with zero attached hydrogens (tertiary/aromatic N) is 1. The number of hydrogen-bond acceptors (Lipinski definition) is 2. The highest BCUT2D eigenvalue weighted by atomic mass is 32.1. The molecule has 0 aliphatic carbocycles. The van der Waals surface area contributed by atoms with E-state index in [9.17, 15) is 74.6 Å². The summed E-state index contributed by atoms with van der Waals surface area (Å²) >= 11 is 4.62. The van der Waals surface area contributed by atoms with Gasteiger partial charge in [0.05, 0.1) is 0 Å².